The minimum absolute atomic E-state index is 0.158. The van der Waals surface area contributed by atoms with Gasteiger partial charge in [-0.1, -0.05) is 62.4 Å². The molecule has 0 spiro atoms. The number of aryl methyl sites for hydroxylation is 1. The molecule has 0 fully saturated rings. The van der Waals surface area contributed by atoms with E-state index in [0.717, 1.165) is 26.7 Å². The topological polar surface area (TPSA) is 35.5 Å². The van der Waals surface area contributed by atoms with Gasteiger partial charge in [-0.2, -0.15) is 0 Å². The fraction of sp³-hybridized carbons (Fsp3) is 0.208. The number of ether oxygens (including phenoxy) is 2. The van der Waals surface area contributed by atoms with Gasteiger partial charge in [0.2, 0.25) is 0 Å². The van der Waals surface area contributed by atoms with Crippen LogP contribution in [0.25, 0.3) is 11.1 Å². The van der Waals surface area contributed by atoms with Gasteiger partial charge in [0.05, 0.1) is 4.47 Å². The first-order chi connectivity index (χ1) is 13.4. The lowest BCUT2D eigenvalue weighted by atomic mass is 10.0. The van der Waals surface area contributed by atoms with Crippen LogP contribution in [0.2, 0.25) is 0 Å². The molecule has 3 rings (SSSR count). The summed E-state index contributed by atoms with van der Waals surface area (Å²) in [5, 5.41) is 0. The second kappa shape index (κ2) is 9.07. The zero-order valence-corrected chi connectivity index (χ0v) is 17.8. The van der Waals surface area contributed by atoms with Gasteiger partial charge in [0, 0.05) is 0 Å². The highest BCUT2D eigenvalue weighted by Gasteiger charge is 2.14. The highest BCUT2D eigenvalue weighted by Crippen LogP contribution is 2.31. The molecule has 0 aromatic heterocycles. The second-order valence-electron chi connectivity index (χ2n) is 6.97. The molecular formula is C24H23BrO3. The summed E-state index contributed by atoms with van der Waals surface area (Å²) in [7, 11) is 0. The van der Waals surface area contributed by atoms with Gasteiger partial charge in [-0.3, -0.25) is 0 Å². The molecule has 0 bridgehead atoms. The molecule has 3 aromatic carbocycles. The molecule has 0 amide bonds. The van der Waals surface area contributed by atoms with Crippen LogP contribution >= 0.6 is 15.9 Å². The third kappa shape index (κ3) is 5.02. The number of hydrogen-bond acceptors (Lipinski definition) is 3. The van der Waals surface area contributed by atoms with Crippen LogP contribution < -0.4 is 9.47 Å². The number of rotatable bonds is 6. The zero-order chi connectivity index (χ0) is 20.1. The van der Waals surface area contributed by atoms with E-state index in [0.29, 0.717) is 11.5 Å². The highest BCUT2D eigenvalue weighted by molar-refractivity contribution is 9.10. The van der Waals surface area contributed by atoms with Crippen molar-refractivity contribution in [1.29, 1.82) is 0 Å². The first kappa shape index (κ1) is 20.2. The molecule has 0 saturated heterocycles. The minimum Gasteiger partial charge on any atom is -0.481 e. The third-order valence-electron chi connectivity index (χ3n) is 4.40. The van der Waals surface area contributed by atoms with Crippen LogP contribution in [0.1, 0.15) is 30.9 Å². The van der Waals surface area contributed by atoms with Crippen LogP contribution in [-0.2, 0) is 4.79 Å². The first-order valence-electron chi connectivity index (χ1n) is 9.23. The summed E-state index contributed by atoms with van der Waals surface area (Å²) in [5.74, 6) is 1.04. The lowest BCUT2D eigenvalue weighted by molar-refractivity contribution is -0.136. The molecule has 0 aliphatic carbocycles. The SMILES string of the molecule is Cc1ccc(C(C)C)c(OC(=O)COc2ccc(-c3ccccc3)cc2Br)c1. The van der Waals surface area contributed by atoms with Gasteiger partial charge < -0.3 is 9.47 Å². The maximum absolute atomic E-state index is 12.3. The van der Waals surface area contributed by atoms with E-state index < -0.39 is 5.97 Å². The van der Waals surface area contributed by atoms with Crippen molar-refractivity contribution in [3.8, 4) is 22.6 Å². The van der Waals surface area contributed by atoms with Gasteiger partial charge in [-0.25, -0.2) is 4.79 Å². The van der Waals surface area contributed by atoms with Crippen molar-refractivity contribution < 1.29 is 14.3 Å². The van der Waals surface area contributed by atoms with Crippen LogP contribution in [0.3, 0.4) is 0 Å². The Balaban J connectivity index is 1.66. The van der Waals surface area contributed by atoms with E-state index in [2.05, 4.69) is 29.8 Å². The van der Waals surface area contributed by atoms with E-state index in [1.807, 2.05) is 73.7 Å². The second-order valence-corrected chi connectivity index (χ2v) is 7.82. The first-order valence-corrected chi connectivity index (χ1v) is 10.0. The van der Waals surface area contributed by atoms with Crippen molar-refractivity contribution in [2.24, 2.45) is 0 Å². The molecule has 0 N–H and O–H groups in total. The monoisotopic (exact) mass is 438 g/mol. The third-order valence-corrected chi connectivity index (χ3v) is 5.02. The molecule has 0 radical (unpaired) electrons. The number of carbonyl (C=O) groups excluding carboxylic acids is 1. The van der Waals surface area contributed by atoms with Crippen LogP contribution in [0.4, 0.5) is 0 Å². The Kier molecular flexibility index (Phi) is 6.53. The molecule has 3 aromatic rings. The van der Waals surface area contributed by atoms with E-state index in [-0.39, 0.29) is 12.5 Å². The number of benzene rings is 3. The Labute approximate surface area is 174 Å². The molecule has 0 atom stereocenters. The van der Waals surface area contributed by atoms with E-state index in [1.165, 1.54) is 0 Å². The summed E-state index contributed by atoms with van der Waals surface area (Å²) in [6, 6.07) is 21.8. The summed E-state index contributed by atoms with van der Waals surface area (Å²) in [6.45, 7) is 5.96. The predicted octanol–water partition coefficient (Wildman–Crippen LogP) is 6.53. The molecule has 28 heavy (non-hydrogen) atoms. The summed E-state index contributed by atoms with van der Waals surface area (Å²) >= 11 is 3.52. The van der Waals surface area contributed by atoms with Gasteiger partial charge >= 0.3 is 5.97 Å². The lowest BCUT2D eigenvalue weighted by Crippen LogP contribution is -2.18. The van der Waals surface area contributed by atoms with Crippen LogP contribution in [0, 0.1) is 6.92 Å². The molecule has 0 heterocycles. The van der Waals surface area contributed by atoms with Crippen LogP contribution in [-0.4, -0.2) is 12.6 Å². The van der Waals surface area contributed by atoms with E-state index in [4.69, 9.17) is 9.47 Å². The summed E-state index contributed by atoms with van der Waals surface area (Å²) < 4.78 is 12.0. The smallest absolute Gasteiger partial charge is 0.349 e. The number of hydrogen-bond donors (Lipinski definition) is 0. The van der Waals surface area contributed by atoms with Crippen molar-refractivity contribution >= 4 is 21.9 Å². The van der Waals surface area contributed by atoms with E-state index >= 15 is 0 Å². The molecule has 4 heteroatoms. The number of carbonyl (C=O) groups is 1. The van der Waals surface area contributed by atoms with E-state index in [9.17, 15) is 4.79 Å². The van der Waals surface area contributed by atoms with Gasteiger partial charge in [0.25, 0.3) is 0 Å². The van der Waals surface area contributed by atoms with E-state index in [1.54, 1.807) is 0 Å². The average molecular weight is 439 g/mol. The lowest BCUT2D eigenvalue weighted by Gasteiger charge is -2.14. The molecule has 0 unspecified atom stereocenters. The number of esters is 1. The molecule has 0 aliphatic rings. The van der Waals surface area contributed by atoms with Crippen molar-refractivity contribution in [3.05, 3.63) is 82.3 Å². The Bertz CT molecular complexity index is 965. The Morgan fingerprint density at radius 2 is 1.68 bits per heavy atom. The standard InChI is InChI=1S/C24H23BrO3/c1-16(2)20-11-9-17(3)13-23(20)28-24(26)15-27-22-12-10-19(14-21(22)25)18-7-5-4-6-8-18/h4-14,16H,15H2,1-3H3. The molecule has 3 nitrogen and oxygen atoms in total. The van der Waals surface area contributed by atoms with Crippen molar-refractivity contribution in [2.75, 3.05) is 6.61 Å². The average Bonchev–Trinajstić information content (AvgIpc) is 2.67. The largest absolute Gasteiger partial charge is 0.481 e. The van der Waals surface area contributed by atoms with Crippen LogP contribution in [0.15, 0.2) is 71.2 Å². The van der Waals surface area contributed by atoms with Gasteiger partial charge in [-0.15, -0.1) is 0 Å². The molecule has 0 aliphatic heterocycles. The molecule has 144 valence electrons. The fourth-order valence-electron chi connectivity index (χ4n) is 2.92. The maximum atomic E-state index is 12.3. The van der Waals surface area contributed by atoms with Crippen molar-refractivity contribution in [1.82, 2.24) is 0 Å². The minimum atomic E-state index is -0.425. The predicted molar refractivity (Wildman–Crippen MR) is 116 cm³/mol. The zero-order valence-electron chi connectivity index (χ0n) is 16.2. The Hall–Kier alpha value is -2.59. The highest BCUT2D eigenvalue weighted by atomic mass is 79.9. The maximum Gasteiger partial charge on any atom is 0.349 e. The van der Waals surface area contributed by atoms with Gasteiger partial charge in [-0.05, 0) is 69.2 Å². The Morgan fingerprint density at radius 1 is 0.929 bits per heavy atom. The fourth-order valence-corrected chi connectivity index (χ4v) is 3.42. The Morgan fingerprint density at radius 3 is 2.36 bits per heavy atom. The quantitative estimate of drug-likeness (QED) is 0.324. The van der Waals surface area contributed by atoms with Crippen molar-refractivity contribution in [3.63, 3.8) is 0 Å². The summed E-state index contributed by atoms with van der Waals surface area (Å²) in [5.41, 5.74) is 4.25. The normalized spacial score (nSPS) is 10.8. The molecule has 0 saturated carbocycles. The van der Waals surface area contributed by atoms with Gasteiger partial charge in [0.1, 0.15) is 11.5 Å². The van der Waals surface area contributed by atoms with Crippen molar-refractivity contribution in [2.45, 2.75) is 26.7 Å². The van der Waals surface area contributed by atoms with Gasteiger partial charge in [0.15, 0.2) is 6.61 Å². The number of halogens is 1. The summed E-state index contributed by atoms with van der Waals surface area (Å²) in [6.07, 6.45) is 0. The molecular weight excluding hydrogens is 416 g/mol. The summed E-state index contributed by atoms with van der Waals surface area (Å²) in [4.78, 5) is 12.3. The van der Waals surface area contributed by atoms with Crippen LogP contribution in [0.5, 0.6) is 11.5 Å².